The number of carbonyl (C=O) groups excluding carboxylic acids is 2. The first-order valence-electron chi connectivity index (χ1n) is 11.1. The van der Waals surface area contributed by atoms with E-state index in [1.165, 1.54) is 43.4 Å². The largest absolute Gasteiger partial charge is 0.365 e. The Morgan fingerprint density at radius 2 is 1.94 bits per heavy atom. The molecule has 2 fully saturated rings. The molecule has 2 aromatic rings. The molecular formula is C22H32N6O2S. The number of thioether (sulfide) groups is 1. The lowest BCUT2D eigenvalue weighted by Crippen LogP contribution is -2.56. The molecule has 3 heterocycles. The summed E-state index contributed by atoms with van der Waals surface area (Å²) in [4.78, 5) is 31.5. The zero-order valence-electron chi connectivity index (χ0n) is 18.4. The number of carbonyl (C=O) groups is 2. The molecule has 0 spiro atoms. The van der Waals surface area contributed by atoms with Crippen molar-refractivity contribution < 1.29 is 9.59 Å². The maximum absolute atomic E-state index is 12.7. The number of aryl methyl sites for hydroxylation is 2. The van der Waals surface area contributed by atoms with Crippen LogP contribution < -0.4 is 11.1 Å². The second kappa shape index (κ2) is 9.16. The first-order chi connectivity index (χ1) is 14.9. The van der Waals surface area contributed by atoms with Crippen LogP contribution in [0.5, 0.6) is 0 Å². The molecule has 31 heavy (non-hydrogen) atoms. The number of aromatic nitrogens is 3. The van der Waals surface area contributed by atoms with Gasteiger partial charge in [0.1, 0.15) is 5.56 Å². The van der Waals surface area contributed by atoms with Gasteiger partial charge in [0, 0.05) is 54.5 Å². The van der Waals surface area contributed by atoms with E-state index in [0.29, 0.717) is 24.1 Å². The van der Waals surface area contributed by atoms with Crippen molar-refractivity contribution in [1.29, 1.82) is 0 Å². The number of amides is 2. The van der Waals surface area contributed by atoms with Gasteiger partial charge in [-0.3, -0.25) is 14.5 Å². The van der Waals surface area contributed by atoms with Gasteiger partial charge in [-0.15, -0.1) is 0 Å². The molecule has 2 aromatic heterocycles. The van der Waals surface area contributed by atoms with Gasteiger partial charge < -0.3 is 11.1 Å². The summed E-state index contributed by atoms with van der Waals surface area (Å²) >= 11 is 2.03. The minimum absolute atomic E-state index is 0.0786. The molecule has 1 saturated heterocycles. The summed E-state index contributed by atoms with van der Waals surface area (Å²) in [5, 5.41) is 7.50. The molecule has 1 aliphatic heterocycles. The van der Waals surface area contributed by atoms with E-state index in [0.717, 1.165) is 36.6 Å². The van der Waals surface area contributed by atoms with Crippen molar-refractivity contribution in [2.75, 3.05) is 31.1 Å². The predicted octanol–water partition coefficient (Wildman–Crippen LogP) is 1.86. The highest BCUT2D eigenvalue weighted by Crippen LogP contribution is 2.36. The molecular weight excluding hydrogens is 412 g/mol. The van der Waals surface area contributed by atoms with Gasteiger partial charge in [0.2, 0.25) is 5.91 Å². The number of hydrogen-bond donors (Lipinski definition) is 2. The SMILES string of the molecule is Cc1nc2c(C(N)=O)cnn2c(C)c1CCC(=O)NCC1(N2CCSCC2)CCCC1. The van der Waals surface area contributed by atoms with Gasteiger partial charge in [-0.25, -0.2) is 9.50 Å². The molecule has 1 saturated carbocycles. The number of rotatable bonds is 7. The Morgan fingerprint density at radius 1 is 1.23 bits per heavy atom. The van der Waals surface area contributed by atoms with Crippen molar-refractivity contribution in [2.24, 2.45) is 5.73 Å². The van der Waals surface area contributed by atoms with E-state index >= 15 is 0 Å². The van der Waals surface area contributed by atoms with E-state index in [9.17, 15) is 9.59 Å². The van der Waals surface area contributed by atoms with Crippen molar-refractivity contribution in [3.8, 4) is 0 Å². The van der Waals surface area contributed by atoms with Crippen LogP contribution in [0.3, 0.4) is 0 Å². The molecule has 0 aromatic carbocycles. The van der Waals surface area contributed by atoms with Crippen LogP contribution in [0.2, 0.25) is 0 Å². The van der Waals surface area contributed by atoms with Crippen molar-refractivity contribution in [1.82, 2.24) is 24.8 Å². The molecule has 0 atom stereocenters. The van der Waals surface area contributed by atoms with Gasteiger partial charge >= 0.3 is 0 Å². The van der Waals surface area contributed by atoms with E-state index in [2.05, 4.69) is 20.3 Å². The minimum Gasteiger partial charge on any atom is -0.365 e. The smallest absolute Gasteiger partial charge is 0.254 e. The van der Waals surface area contributed by atoms with E-state index < -0.39 is 5.91 Å². The van der Waals surface area contributed by atoms with Crippen LogP contribution >= 0.6 is 11.8 Å². The predicted molar refractivity (Wildman–Crippen MR) is 122 cm³/mol. The van der Waals surface area contributed by atoms with Crippen LogP contribution in [0.4, 0.5) is 0 Å². The molecule has 0 radical (unpaired) electrons. The third-order valence-electron chi connectivity index (χ3n) is 6.91. The zero-order chi connectivity index (χ0) is 22.0. The normalized spacial score (nSPS) is 19.0. The van der Waals surface area contributed by atoms with Crippen LogP contribution in [0.1, 0.15) is 59.4 Å². The second-order valence-corrected chi connectivity index (χ2v) is 9.95. The van der Waals surface area contributed by atoms with Gasteiger partial charge in [-0.05, 0) is 38.7 Å². The standard InChI is InChI=1S/C22H32N6O2S/c1-15-17(16(2)28-21(26-15)18(13-25-28)20(23)30)5-6-19(29)24-14-22(7-3-4-8-22)27-9-11-31-12-10-27/h13H,3-12,14H2,1-2H3,(H2,23,30)(H,24,29). The first kappa shape index (κ1) is 22.1. The van der Waals surface area contributed by atoms with Gasteiger partial charge in [0.05, 0.1) is 6.20 Å². The summed E-state index contributed by atoms with van der Waals surface area (Å²) in [5.74, 6) is 1.92. The molecule has 8 nitrogen and oxygen atoms in total. The highest BCUT2D eigenvalue weighted by atomic mass is 32.2. The van der Waals surface area contributed by atoms with Gasteiger partial charge in [0.25, 0.3) is 5.91 Å². The first-order valence-corrected chi connectivity index (χ1v) is 12.3. The summed E-state index contributed by atoms with van der Waals surface area (Å²) in [6.45, 7) is 6.84. The average Bonchev–Trinajstić information content (AvgIpc) is 3.41. The minimum atomic E-state index is -0.540. The van der Waals surface area contributed by atoms with E-state index in [1.807, 2.05) is 25.6 Å². The fourth-order valence-corrected chi connectivity index (χ4v) is 6.02. The Bertz CT molecular complexity index is 976. The Morgan fingerprint density at radius 3 is 2.61 bits per heavy atom. The summed E-state index contributed by atoms with van der Waals surface area (Å²) in [6.07, 6.45) is 7.31. The van der Waals surface area contributed by atoms with E-state index in [-0.39, 0.29) is 11.4 Å². The maximum Gasteiger partial charge on any atom is 0.254 e. The second-order valence-electron chi connectivity index (χ2n) is 8.73. The van der Waals surface area contributed by atoms with Crippen molar-refractivity contribution in [3.05, 3.63) is 28.7 Å². The molecule has 2 amide bonds. The van der Waals surface area contributed by atoms with Crippen LogP contribution in [0.15, 0.2) is 6.20 Å². The summed E-state index contributed by atoms with van der Waals surface area (Å²) in [6, 6.07) is 0. The third-order valence-corrected chi connectivity index (χ3v) is 7.85. The fourth-order valence-electron chi connectivity index (χ4n) is 5.11. The summed E-state index contributed by atoms with van der Waals surface area (Å²) in [7, 11) is 0. The van der Waals surface area contributed by atoms with Crippen molar-refractivity contribution >= 4 is 29.2 Å². The Hall–Kier alpha value is -2.13. The molecule has 4 rings (SSSR count). The van der Waals surface area contributed by atoms with Gasteiger partial charge in [0.15, 0.2) is 5.65 Å². The van der Waals surface area contributed by atoms with E-state index in [1.54, 1.807) is 4.52 Å². The molecule has 1 aliphatic carbocycles. The molecule has 168 valence electrons. The zero-order valence-corrected chi connectivity index (χ0v) is 19.3. The lowest BCUT2D eigenvalue weighted by molar-refractivity contribution is -0.121. The number of primary amides is 1. The van der Waals surface area contributed by atoms with Crippen molar-refractivity contribution in [3.63, 3.8) is 0 Å². The van der Waals surface area contributed by atoms with Crippen LogP contribution in [0, 0.1) is 13.8 Å². The highest BCUT2D eigenvalue weighted by Gasteiger charge is 2.40. The number of nitrogens with two attached hydrogens (primary N) is 1. The Kier molecular flexibility index (Phi) is 6.52. The average molecular weight is 445 g/mol. The van der Waals surface area contributed by atoms with Gasteiger partial charge in [-0.1, -0.05) is 12.8 Å². The van der Waals surface area contributed by atoms with Crippen molar-refractivity contribution in [2.45, 2.75) is 57.9 Å². The maximum atomic E-state index is 12.7. The van der Waals surface area contributed by atoms with Crippen LogP contribution in [-0.2, 0) is 11.2 Å². The Labute approximate surface area is 187 Å². The molecule has 3 N–H and O–H groups in total. The quantitative estimate of drug-likeness (QED) is 0.675. The highest BCUT2D eigenvalue weighted by molar-refractivity contribution is 7.99. The van der Waals surface area contributed by atoms with Crippen LogP contribution in [0.25, 0.3) is 5.65 Å². The van der Waals surface area contributed by atoms with E-state index in [4.69, 9.17) is 5.73 Å². The number of nitrogens with one attached hydrogen (secondary N) is 1. The molecule has 9 heteroatoms. The lowest BCUT2D eigenvalue weighted by atomic mass is 9.94. The topological polar surface area (TPSA) is 106 Å². The molecule has 0 bridgehead atoms. The van der Waals surface area contributed by atoms with Gasteiger partial charge in [-0.2, -0.15) is 16.9 Å². The molecule has 2 aliphatic rings. The number of fused-ring (bicyclic) bond motifs is 1. The lowest BCUT2D eigenvalue weighted by Gasteiger charge is -2.43. The monoisotopic (exact) mass is 444 g/mol. The van der Waals surface area contributed by atoms with Crippen LogP contribution in [-0.4, -0.2) is 68.0 Å². The molecule has 0 unspecified atom stereocenters. The third kappa shape index (κ3) is 4.43. The number of hydrogen-bond acceptors (Lipinski definition) is 6. The Balaban J connectivity index is 1.40. The summed E-state index contributed by atoms with van der Waals surface area (Å²) in [5.41, 5.74) is 9.03. The summed E-state index contributed by atoms with van der Waals surface area (Å²) < 4.78 is 1.64. The fraction of sp³-hybridized carbons (Fsp3) is 0.636. The number of nitrogens with zero attached hydrogens (tertiary/aromatic N) is 4.